The summed E-state index contributed by atoms with van der Waals surface area (Å²) >= 11 is 0. The summed E-state index contributed by atoms with van der Waals surface area (Å²) in [7, 11) is 0. The summed E-state index contributed by atoms with van der Waals surface area (Å²) in [6.45, 7) is 4.28. The van der Waals surface area contributed by atoms with Gasteiger partial charge in [-0.25, -0.2) is 0 Å². The third kappa shape index (κ3) is 5.64. The molecule has 0 spiro atoms. The third-order valence-corrected chi connectivity index (χ3v) is 2.96. The fourth-order valence-electron chi connectivity index (χ4n) is 1.76. The second-order valence-corrected chi connectivity index (χ2v) is 5.03. The van der Waals surface area contributed by atoms with E-state index in [4.69, 9.17) is 5.73 Å². The number of ketones is 1. The summed E-state index contributed by atoms with van der Waals surface area (Å²) in [4.78, 5) is 11.6. The van der Waals surface area contributed by atoms with Crippen LogP contribution >= 0.6 is 0 Å². The van der Waals surface area contributed by atoms with Crippen molar-refractivity contribution in [2.45, 2.75) is 45.6 Å². The molecule has 2 N–H and O–H groups in total. The van der Waals surface area contributed by atoms with Crippen LogP contribution in [0.25, 0.3) is 0 Å². The lowest BCUT2D eigenvalue weighted by atomic mass is 9.98. The smallest absolute Gasteiger partial charge is 0.132 e. The number of rotatable bonds is 7. The lowest BCUT2D eigenvalue weighted by Crippen LogP contribution is -2.12. The summed E-state index contributed by atoms with van der Waals surface area (Å²) in [6, 6.07) is 9.96. The lowest BCUT2D eigenvalue weighted by molar-refractivity contribution is -0.119. The molecule has 1 unspecified atom stereocenters. The summed E-state index contributed by atoms with van der Waals surface area (Å²) in [5.74, 6) is 0.937. The zero-order valence-electron chi connectivity index (χ0n) is 10.9. The maximum Gasteiger partial charge on any atom is 0.132 e. The molecule has 2 nitrogen and oxygen atoms in total. The number of hydrogen-bond donors (Lipinski definition) is 1. The average Bonchev–Trinajstić information content (AvgIpc) is 2.34. The van der Waals surface area contributed by atoms with Gasteiger partial charge in [0.05, 0.1) is 0 Å². The molecule has 0 aliphatic carbocycles. The Morgan fingerprint density at radius 3 is 2.29 bits per heavy atom. The van der Waals surface area contributed by atoms with Crippen LogP contribution in [0.3, 0.4) is 0 Å². The van der Waals surface area contributed by atoms with Crippen LogP contribution in [0.2, 0.25) is 0 Å². The molecule has 0 aliphatic heterocycles. The minimum absolute atomic E-state index is 0.0146. The largest absolute Gasteiger partial charge is 0.324 e. The van der Waals surface area contributed by atoms with Crippen molar-refractivity contribution in [2.75, 3.05) is 0 Å². The van der Waals surface area contributed by atoms with E-state index in [0.717, 1.165) is 18.4 Å². The van der Waals surface area contributed by atoms with Crippen LogP contribution in [0, 0.1) is 5.92 Å². The summed E-state index contributed by atoms with van der Waals surface area (Å²) in [5.41, 5.74) is 7.16. The monoisotopic (exact) mass is 233 g/mol. The fraction of sp³-hybridized carbons (Fsp3) is 0.533. The third-order valence-electron chi connectivity index (χ3n) is 2.96. The van der Waals surface area contributed by atoms with Crippen LogP contribution < -0.4 is 5.73 Å². The number of carbonyl (C=O) groups is 1. The van der Waals surface area contributed by atoms with E-state index in [9.17, 15) is 4.79 Å². The SMILES string of the molecule is CC(C)CCC(=O)CCC(N)c1ccccc1. The normalized spacial score (nSPS) is 12.7. The van der Waals surface area contributed by atoms with Crippen LogP contribution in [0.1, 0.15) is 51.1 Å². The Labute approximate surface area is 104 Å². The maximum absolute atomic E-state index is 11.6. The van der Waals surface area contributed by atoms with E-state index in [1.165, 1.54) is 0 Å². The molecule has 0 saturated carbocycles. The number of hydrogen-bond acceptors (Lipinski definition) is 2. The Hall–Kier alpha value is -1.15. The number of nitrogens with two attached hydrogens (primary N) is 1. The molecule has 1 atom stereocenters. The molecule has 0 aromatic heterocycles. The highest BCUT2D eigenvalue weighted by molar-refractivity contribution is 5.78. The second kappa shape index (κ2) is 7.23. The van der Waals surface area contributed by atoms with Gasteiger partial charge in [0.2, 0.25) is 0 Å². The molecular formula is C15H23NO. The highest BCUT2D eigenvalue weighted by Crippen LogP contribution is 2.16. The maximum atomic E-state index is 11.6. The predicted molar refractivity (Wildman–Crippen MR) is 71.7 cm³/mol. The molecule has 0 fully saturated rings. The number of Topliss-reactive ketones (excluding diaryl/α,β-unsaturated/α-hetero) is 1. The predicted octanol–water partition coefficient (Wildman–Crippen LogP) is 3.47. The van der Waals surface area contributed by atoms with E-state index in [0.29, 0.717) is 24.5 Å². The first-order chi connectivity index (χ1) is 8.09. The molecule has 94 valence electrons. The first kappa shape index (κ1) is 13.9. The highest BCUT2D eigenvalue weighted by atomic mass is 16.1. The topological polar surface area (TPSA) is 43.1 Å². The molecule has 0 heterocycles. The first-order valence-electron chi connectivity index (χ1n) is 6.42. The quantitative estimate of drug-likeness (QED) is 0.783. The van der Waals surface area contributed by atoms with Gasteiger partial charge >= 0.3 is 0 Å². The minimum atomic E-state index is -0.0146. The van der Waals surface area contributed by atoms with Gasteiger partial charge < -0.3 is 5.73 Å². The van der Waals surface area contributed by atoms with E-state index < -0.39 is 0 Å². The molecule has 0 aliphatic rings. The van der Waals surface area contributed by atoms with Crippen molar-refractivity contribution in [3.05, 3.63) is 35.9 Å². The van der Waals surface area contributed by atoms with Gasteiger partial charge in [0.15, 0.2) is 0 Å². The standard InChI is InChI=1S/C15H23NO/c1-12(2)8-9-14(17)10-11-15(16)13-6-4-3-5-7-13/h3-7,12,15H,8-11,16H2,1-2H3. The first-order valence-corrected chi connectivity index (χ1v) is 6.42. The molecule has 0 radical (unpaired) electrons. The van der Waals surface area contributed by atoms with Gasteiger partial charge in [-0.3, -0.25) is 4.79 Å². The van der Waals surface area contributed by atoms with E-state index in [1.54, 1.807) is 0 Å². The van der Waals surface area contributed by atoms with Gasteiger partial charge in [0, 0.05) is 18.9 Å². The number of benzene rings is 1. The summed E-state index contributed by atoms with van der Waals surface area (Å²) in [6.07, 6.45) is 3.03. The minimum Gasteiger partial charge on any atom is -0.324 e. The van der Waals surface area contributed by atoms with Crippen LogP contribution in [-0.4, -0.2) is 5.78 Å². The molecule has 0 saturated heterocycles. The van der Waals surface area contributed by atoms with E-state index >= 15 is 0 Å². The second-order valence-electron chi connectivity index (χ2n) is 5.03. The average molecular weight is 233 g/mol. The van der Waals surface area contributed by atoms with Crippen molar-refractivity contribution in [3.63, 3.8) is 0 Å². The van der Waals surface area contributed by atoms with Gasteiger partial charge in [-0.05, 0) is 24.3 Å². The van der Waals surface area contributed by atoms with Crippen LogP contribution in [0.4, 0.5) is 0 Å². The molecule has 2 heteroatoms. The Balaban J connectivity index is 2.29. The zero-order valence-corrected chi connectivity index (χ0v) is 10.9. The summed E-state index contributed by atoms with van der Waals surface area (Å²) in [5, 5.41) is 0. The van der Waals surface area contributed by atoms with Gasteiger partial charge in [-0.1, -0.05) is 44.2 Å². The Bertz CT molecular complexity index is 332. The van der Waals surface area contributed by atoms with Crippen LogP contribution in [0.5, 0.6) is 0 Å². The van der Waals surface area contributed by atoms with E-state index in [2.05, 4.69) is 13.8 Å². The zero-order chi connectivity index (χ0) is 12.7. The van der Waals surface area contributed by atoms with Crippen molar-refractivity contribution in [2.24, 2.45) is 11.7 Å². The molecule has 1 aromatic carbocycles. The Kier molecular flexibility index (Phi) is 5.92. The molecular weight excluding hydrogens is 210 g/mol. The van der Waals surface area contributed by atoms with Gasteiger partial charge in [0.1, 0.15) is 5.78 Å². The van der Waals surface area contributed by atoms with Crippen LogP contribution in [-0.2, 0) is 4.79 Å². The van der Waals surface area contributed by atoms with Gasteiger partial charge in [-0.2, -0.15) is 0 Å². The van der Waals surface area contributed by atoms with Crippen molar-refractivity contribution < 1.29 is 4.79 Å². The Morgan fingerprint density at radius 2 is 1.71 bits per heavy atom. The number of carbonyl (C=O) groups excluding carboxylic acids is 1. The highest BCUT2D eigenvalue weighted by Gasteiger charge is 2.09. The van der Waals surface area contributed by atoms with Crippen molar-refractivity contribution in [1.82, 2.24) is 0 Å². The van der Waals surface area contributed by atoms with Crippen molar-refractivity contribution >= 4 is 5.78 Å². The Morgan fingerprint density at radius 1 is 1.12 bits per heavy atom. The molecule has 0 amide bonds. The summed E-state index contributed by atoms with van der Waals surface area (Å²) < 4.78 is 0. The van der Waals surface area contributed by atoms with Crippen LogP contribution in [0.15, 0.2) is 30.3 Å². The van der Waals surface area contributed by atoms with Crippen molar-refractivity contribution in [1.29, 1.82) is 0 Å². The van der Waals surface area contributed by atoms with Crippen molar-refractivity contribution in [3.8, 4) is 0 Å². The van der Waals surface area contributed by atoms with E-state index in [-0.39, 0.29) is 6.04 Å². The van der Waals surface area contributed by atoms with Gasteiger partial charge in [0.25, 0.3) is 0 Å². The molecule has 1 aromatic rings. The molecule has 17 heavy (non-hydrogen) atoms. The lowest BCUT2D eigenvalue weighted by Gasteiger charge is -2.11. The molecule has 1 rings (SSSR count). The fourth-order valence-corrected chi connectivity index (χ4v) is 1.76. The van der Waals surface area contributed by atoms with E-state index in [1.807, 2.05) is 30.3 Å². The van der Waals surface area contributed by atoms with Gasteiger partial charge in [-0.15, -0.1) is 0 Å². The molecule has 0 bridgehead atoms.